The van der Waals surface area contributed by atoms with Crippen LogP contribution in [0.15, 0.2) is 0 Å². The van der Waals surface area contributed by atoms with E-state index in [9.17, 15) is 4.79 Å². The zero-order valence-electron chi connectivity index (χ0n) is 15.8. The number of hydrogen-bond donors (Lipinski definition) is 1. The van der Waals surface area contributed by atoms with Gasteiger partial charge < -0.3 is 5.11 Å². The second-order valence-corrected chi connectivity index (χ2v) is 7.08. The highest BCUT2D eigenvalue weighted by atomic mass is 16.4. The molecule has 0 saturated heterocycles. The van der Waals surface area contributed by atoms with E-state index in [1.807, 2.05) is 11.9 Å². The topological polar surface area (TPSA) is 40.5 Å². The van der Waals surface area contributed by atoms with Crippen LogP contribution in [0.5, 0.6) is 0 Å². The van der Waals surface area contributed by atoms with Gasteiger partial charge in [0.05, 0.1) is 6.54 Å². The fourth-order valence-electron chi connectivity index (χ4n) is 3.06. The number of carboxylic acid groups (broad SMARTS) is 1. The Hall–Kier alpha value is -0.570. The maximum Gasteiger partial charge on any atom is 0.317 e. The molecular weight excluding hydrogens is 286 g/mol. The lowest BCUT2D eigenvalue weighted by Gasteiger charge is -2.13. The summed E-state index contributed by atoms with van der Waals surface area (Å²) in [6.07, 6.45) is 20.6. The van der Waals surface area contributed by atoms with Gasteiger partial charge in [-0.3, -0.25) is 9.69 Å². The SMILES string of the molecule is CCCCCCCCCCCCCCCCCN(C)CC(=O)O. The van der Waals surface area contributed by atoms with Crippen LogP contribution in [0.4, 0.5) is 0 Å². The Balaban J connectivity index is 3.06. The largest absolute Gasteiger partial charge is 0.480 e. The molecule has 0 unspecified atom stereocenters. The summed E-state index contributed by atoms with van der Waals surface area (Å²) in [6.45, 7) is 3.35. The number of hydrogen-bond acceptors (Lipinski definition) is 2. The molecule has 0 bridgehead atoms. The van der Waals surface area contributed by atoms with Crippen LogP contribution >= 0.6 is 0 Å². The molecule has 0 saturated carbocycles. The number of carboxylic acids is 1. The summed E-state index contributed by atoms with van der Waals surface area (Å²) < 4.78 is 0. The number of likely N-dealkylation sites (N-methyl/N-ethyl adjacent to an activating group) is 1. The predicted octanol–water partition coefficient (Wildman–Crippen LogP) is 5.87. The van der Waals surface area contributed by atoms with Crippen LogP contribution in [0.1, 0.15) is 103 Å². The molecule has 0 aromatic rings. The summed E-state index contributed by atoms with van der Waals surface area (Å²) in [6, 6.07) is 0. The van der Waals surface area contributed by atoms with Crippen LogP contribution in [0, 0.1) is 0 Å². The fourth-order valence-corrected chi connectivity index (χ4v) is 3.06. The molecule has 0 aliphatic heterocycles. The third-order valence-electron chi connectivity index (χ3n) is 4.55. The predicted molar refractivity (Wildman–Crippen MR) is 100 cm³/mol. The Morgan fingerprint density at radius 2 is 1.04 bits per heavy atom. The molecular formula is C20H41NO2. The van der Waals surface area contributed by atoms with Gasteiger partial charge >= 0.3 is 5.97 Å². The highest BCUT2D eigenvalue weighted by Gasteiger charge is 2.02. The zero-order valence-corrected chi connectivity index (χ0v) is 15.8. The molecule has 138 valence electrons. The lowest BCUT2D eigenvalue weighted by molar-refractivity contribution is -0.137. The van der Waals surface area contributed by atoms with E-state index in [1.165, 1.54) is 89.9 Å². The van der Waals surface area contributed by atoms with Crippen molar-refractivity contribution in [2.24, 2.45) is 0 Å². The van der Waals surface area contributed by atoms with E-state index in [1.54, 1.807) is 0 Å². The Bertz CT molecular complexity index is 256. The lowest BCUT2D eigenvalue weighted by atomic mass is 10.0. The van der Waals surface area contributed by atoms with E-state index in [-0.39, 0.29) is 6.54 Å². The van der Waals surface area contributed by atoms with Gasteiger partial charge in [0.2, 0.25) is 0 Å². The molecule has 0 heterocycles. The van der Waals surface area contributed by atoms with Crippen molar-refractivity contribution in [2.75, 3.05) is 20.1 Å². The number of carbonyl (C=O) groups is 1. The van der Waals surface area contributed by atoms with Gasteiger partial charge in [0.25, 0.3) is 0 Å². The summed E-state index contributed by atoms with van der Waals surface area (Å²) in [5.41, 5.74) is 0. The molecule has 23 heavy (non-hydrogen) atoms. The lowest BCUT2D eigenvalue weighted by Crippen LogP contribution is -2.26. The van der Waals surface area contributed by atoms with Crippen LogP contribution in [0.3, 0.4) is 0 Å². The first-order valence-electron chi connectivity index (χ1n) is 10.1. The molecule has 0 spiro atoms. The first kappa shape index (κ1) is 22.4. The first-order chi connectivity index (χ1) is 11.2. The smallest absolute Gasteiger partial charge is 0.317 e. The fraction of sp³-hybridized carbons (Fsp3) is 0.950. The quantitative estimate of drug-likeness (QED) is 0.320. The molecule has 1 N–H and O–H groups in total. The van der Waals surface area contributed by atoms with Crippen molar-refractivity contribution in [1.82, 2.24) is 4.90 Å². The van der Waals surface area contributed by atoms with E-state index >= 15 is 0 Å². The average Bonchev–Trinajstić information content (AvgIpc) is 2.50. The molecule has 0 radical (unpaired) electrons. The minimum Gasteiger partial charge on any atom is -0.480 e. The van der Waals surface area contributed by atoms with E-state index in [0.29, 0.717) is 0 Å². The van der Waals surface area contributed by atoms with Gasteiger partial charge in [0.15, 0.2) is 0 Å². The molecule has 0 aromatic heterocycles. The van der Waals surface area contributed by atoms with Crippen molar-refractivity contribution in [1.29, 1.82) is 0 Å². The van der Waals surface area contributed by atoms with Crippen LogP contribution in [0.2, 0.25) is 0 Å². The molecule has 0 aromatic carbocycles. The highest BCUT2D eigenvalue weighted by molar-refractivity contribution is 5.68. The number of nitrogens with zero attached hydrogens (tertiary/aromatic N) is 1. The second kappa shape index (κ2) is 17.8. The van der Waals surface area contributed by atoms with E-state index < -0.39 is 5.97 Å². The molecule has 3 heteroatoms. The van der Waals surface area contributed by atoms with Crippen molar-refractivity contribution in [3.63, 3.8) is 0 Å². The molecule has 0 amide bonds. The highest BCUT2D eigenvalue weighted by Crippen LogP contribution is 2.13. The van der Waals surface area contributed by atoms with E-state index in [2.05, 4.69) is 6.92 Å². The third kappa shape index (κ3) is 19.4. The number of unbranched alkanes of at least 4 members (excludes halogenated alkanes) is 14. The van der Waals surface area contributed by atoms with Crippen molar-refractivity contribution in [3.05, 3.63) is 0 Å². The summed E-state index contributed by atoms with van der Waals surface area (Å²) in [4.78, 5) is 12.4. The van der Waals surface area contributed by atoms with Gasteiger partial charge in [-0.05, 0) is 20.0 Å². The summed E-state index contributed by atoms with van der Waals surface area (Å²) >= 11 is 0. The van der Waals surface area contributed by atoms with Crippen LogP contribution in [-0.4, -0.2) is 36.1 Å². The van der Waals surface area contributed by atoms with Gasteiger partial charge in [-0.1, -0.05) is 96.8 Å². The summed E-state index contributed by atoms with van der Waals surface area (Å²) in [5, 5.41) is 8.67. The van der Waals surface area contributed by atoms with Gasteiger partial charge in [-0.2, -0.15) is 0 Å². The second-order valence-electron chi connectivity index (χ2n) is 7.08. The van der Waals surface area contributed by atoms with Gasteiger partial charge in [-0.15, -0.1) is 0 Å². The molecule has 0 rings (SSSR count). The average molecular weight is 328 g/mol. The minimum absolute atomic E-state index is 0.165. The van der Waals surface area contributed by atoms with Crippen LogP contribution in [0.25, 0.3) is 0 Å². The van der Waals surface area contributed by atoms with Crippen molar-refractivity contribution in [3.8, 4) is 0 Å². The van der Waals surface area contributed by atoms with Gasteiger partial charge in [0.1, 0.15) is 0 Å². The first-order valence-corrected chi connectivity index (χ1v) is 10.1. The number of rotatable bonds is 18. The van der Waals surface area contributed by atoms with Crippen LogP contribution in [-0.2, 0) is 4.79 Å². The van der Waals surface area contributed by atoms with E-state index in [0.717, 1.165) is 13.0 Å². The molecule has 0 atom stereocenters. The standard InChI is InChI=1S/C20H41NO2/c1-3-4-5-6-7-8-9-10-11-12-13-14-15-16-17-18-21(2)19-20(22)23/h3-19H2,1-2H3,(H,22,23). The van der Waals surface area contributed by atoms with Crippen LogP contribution < -0.4 is 0 Å². The summed E-state index contributed by atoms with van der Waals surface area (Å²) in [7, 11) is 1.89. The van der Waals surface area contributed by atoms with Gasteiger partial charge in [-0.25, -0.2) is 0 Å². The zero-order chi connectivity index (χ0) is 17.2. The molecule has 0 aliphatic carbocycles. The number of aliphatic carboxylic acids is 1. The Morgan fingerprint density at radius 1 is 0.696 bits per heavy atom. The Morgan fingerprint density at radius 3 is 1.39 bits per heavy atom. The minimum atomic E-state index is -0.728. The maximum atomic E-state index is 10.5. The van der Waals surface area contributed by atoms with E-state index in [4.69, 9.17) is 5.11 Å². The molecule has 0 aliphatic rings. The van der Waals surface area contributed by atoms with Crippen molar-refractivity contribution >= 4 is 5.97 Å². The normalized spacial score (nSPS) is 11.3. The monoisotopic (exact) mass is 327 g/mol. The molecule has 3 nitrogen and oxygen atoms in total. The van der Waals surface area contributed by atoms with Gasteiger partial charge in [0, 0.05) is 0 Å². The Kier molecular flexibility index (Phi) is 17.3. The Labute approximate surface area is 144 Å². The maximum absolute atomic E-state index is 10.5. The third-order valence-corrected chi connectivity index (χ3v) is 4.55. The van der Waals surface area contributed by atoms with Crippen molar-refractivity contribution in [2.45, 2.75) is 103 Å². The van der Waals surface area contributed by atoms with Crippen molar-refractivity contribution < 1.29 is 9.90 Å². The summed E-state index contributed by atoms with van der Waals surface area (Å²) in [5.74, 6) is -0.728. The molecule has 0 fully saturated rings.